The van der Waals surface area contributed by atoms with Gasteiger partial charge in [0.15, 0.2) is 0 Å². The highest BCUT2D eigenvalue weighted by Gasteiger charge is 2.33. The lowest BCUT2D eigenvalue weighted by Gasteiger charge is -2.40. The Morgan fingerprint density at radius 2 is 1.84 bits per heavy atom. The number of carbonyl (C=O) groups is 2. The van der Waals surface area contributed by atoms with Crippen LogP contribution in [0.2, 0.25) is 0 Å². The number of benzene rings is 1. The molecule has 1 aliphatic heterocycles. The summed E-state index contributed by atoms with van der Waals surface area (Å²) in [6.07, 6.45) is -0.442. The smallest absolute Gasteiger partial charge is 0.410 e. The Balaban J connectivity index is 2.09. The monoisotopic (exact) mass is 418 g/mol. The Morgan fingerprint density at radius 1 is 1.20 bits per heavy atom. The molecule has 0 spiro atoms. The number of halogens is 3. The van der Waals surface area contributed by atoms with Gasteiger partial charge in [0, 0.05) is 31.7 Å². The second-order valence-electron chi connectivity index (χ2n) is 7.02. The van der Waals surface area contributed by atoms with Gasteiger partial charge in [-0.15, -0.1) is 0 Å². The molecule has 0 radical (unpaired) electrons. The van der Waals surface area contributed by atoms with Crippen molar-refractivity contribution in [1.29, 1.82) is 0 Å². The average Bonchev–Trinajstić information content (AvgIpc) is 2.48. The summed E-state index contributed by atoms with van der Waals surface area (Å²) in [5.41, 5.74) is -0.806. The minimum Gasteiger partial charge on any atom is -0.444 e. The van der Waals surface area contributed by atoms with Crippen molar-refractivity contribution in [3.63, 3.8) is 0 Å². The van der Waals surface area contributed by atoms with Crippen LogP contribution >= 0.6 is 15.9 Å². The Hall–Kier alpha value is -1.70. The van der Waals surface area contributed by atoms with Crippen molar-refractivity contribution in [2.45, 2.75) is 39.3 Å². The van der Waals surface area contributed by atoms with E-state index in [1.54, 1.807) is 32.6 Å². The van der Waals surface area contributed by atoms with Crippen LogP contribution in [0.1, 0.15) is 38.1 Å². The zero-order valence-electron chi connectivity index (χ0n) is 14.6. The molecule has 8 heteroatoms. The van der Waals surface area contributed by atoms with Gasteiger partial charge in [-0.1, -0.05) is 0 Å². The maximum atomic E-state index is 13.9. The SMILES string of the molecule is CC1CN(C(=O)c2cc(Br)c(F)cc2F)CCN1C(=O)OC(C)(C)C. The summed E-state index contributed by atoms with van der Waals surface area (Å²) in [5.74, 6) is -2.21. The summed E-state index contributed by atoms with van der Waals surface area (Å²) < 4.78 is 32.6. The summed E-state index contributed by atoms with van der Waals surface area (Å²) in [4.78, 5) is 27.7. The lowest BCUT2D eigenvalue weighted by molar-refractivity contribution is 0.00190. The standard InChI is InChI=1S/C17H21BrF2N2O3/c1-10-9-21(5-6-22(10)16(24)25-17(2,3)4)15(23)11-7-12(18)14(20)8-13(11)19/h7-8,10H,5-6,9H2,1-4H3. The largest absolute Gasteiger partial charge is 0.444 e. The summed E-state index contributed by atoms with van der Waals surface area (Å²) in [7, 11) is 0. The molecule has 0 aromatic heterocycles. The van der Waals surface area contributed by atoms with Crippen molar-refractivity contribution >= 4 is 27.9 Å². The summed E-state index contributed by atoms with van der Waals surface area (Å²) in [6, 6.07) is 1.54. The van der Waals surface area contributed by atoms with Crippen LogP contribution in [0.15, 0.2) is 16.6 Å². The van der Waals surface area contributed by atoms with E-state index in [1.807, 2.05) is 0 Å². The Labute approximate surface area is 154 Å². The number of piperazine rings is 1. The third-order valence-corrected chi connectivity index (χ3v) is 4.39. The van der Waals surface area contributed by atoms with Gasteiger partial charge in [-0.3, -0.25) is 4.79 Å². The van der Waals surface area contributed by atoms with Gasteiger partial charge in [0.05, 0.1) is 10.0 Å². The van der Waals surface area contributed by atoms with Crippen LogP contribution in [-0.2, 0) is 4.74 Å². The second-order valence-corrected chi connectivity index (χ2v) is 7.87. The molecule has 2 rings (SSSR count). The average molecular weight is 419 g/mol. The molecule has 1 heterocycles. The van der Waals surface area contributed by atoms with E-state index in [-0.39, 0.29) is 35.7 Å². The van der Waals surface area contributed by atoms with Gasteiger partial charge in [0.2, 0.25) is 0 Å². The third kappa shape index (κ3) is 4.68. The van der Waals surface area contributed by atoms with Crippen LogP contribution in [0.5, 0.6) is 0 Å². The molecule has 5 nitrogen and oxygen atoms in total. The number of amides is 2. The summed E-state index contributed by atoms with van der Waals surface area (Å²) >= 11 is 2.96. The van der Waals surface area contributed by atoms with Crippen LogP contribution in [0.25, 0.3) is 0 Å². The first kappa shape index (κ1) is 19.6. The minimum absolute atomic E-state index is 0.0256. The normalized spacial score (nSPS) is 18.3. The lowest BCUT2D eigenvalue weighted by Crippen LogP contribution is -2.56. The molecule has 1 atom stereocenters. The topological polar surface area (TPSA) is 49.9 Å². The fourth-order valence-electron chi connectivity index (χ4n) is 2.59. The Morgan fingerprint density at radius 3 is 2.40 bits per heavy atom. The molecular formula is C17H21BrF2N2O3. The van der Waals surface area contributed by atoms with Crippen molar-refractivity contribution in [3.8, 4) is 0 Å². The zero-order valence-corrected chi connectivity index (χ0v) is 16.2. The Bertz CT molecular complexity index is 691. The quantitative estimate of drug-likeness (QED) is 0.651. The fourth-order valence-corrected chi connectivity index (χ4v) is 2.93. The first-order valence-corrected chi connectivity index (χ1v) is 8.72. The molecule has 2 amide bonds. The molecule has 1 fully saturated rings. The van der Waals surface area contributed by atoms with Crippen molar-refractivity contribution < 1.29 is 23.1 Å². The van der Waals surface area contributed by atoms with Gasteiger partial charge < -0.3 is 14.5 Å². The van der Waals surface area contributed by atoms with E-state index >= 15 is 0 Å². The molecule has 1 aliphatic rings. The molecule has 138 valence electrons. The predicted molar refractivity (Wildman–Crippen MR) is 92.4 cm³/mol. The molecule has 0 saturated carbocycles. The fraction of sp³-hybridized carbons (Fsp3) is 0.529. The third-order valence-electron chi connectivity index (χ3n) is 3.78. The lowest BCUT2D eigenvalue weighted by atomic mass is 10.1. The van der Waals surface area contributed by atoms with Gasteiger partial charge in [0.1, 0.15) is 17.2 Å². The second kappa shape index (κ2) is 7.27. The molecule has 0 bridgehead atoms. The summed E-state index contributed by atoms with van der Waals surface area (Å²) in [6.45, 7) is 7.91. The van der Waals surface area contributed by atoms with E-state index in [9.17, 15) is 18.4 Å². The van der Waals surface area contributed by atoms with Gasteiger partial charge >= 0.3 is 6.09 Å². The maximum Gasteiger partial charge on any atom is 0.410 e. The highest BCUT2D eigenvalue weighted by Crippen LogP contribution is 2.23. The maximum absolute atomic E-state index is 13.9. The van der Waals surface area contributed by atoms with Crippen molar-refractivity contribution in [1.82, 2.24) is 9.80 Å². The number of rotatable bonds is 1. The van der Waals surface area contributed by atoms with E-state index in [0.717, 1.165) is 6.07 Å². The van der Waals surface area contributed by atoms with Crippen LogP contribution < -0.4 is 0 Å². The van der Waals surface area contributed by atoms with E-state index < -0.39 is 29.2 Å². The van der Waals surface area contributed by atoms with Gasteiger partial charge in [-0.2, -0.15) is 0 Å². The van der Waals surface area contributed by atoms with E-state index in [1.165, 1.54) is 4.90 Å². The van der Waals surface area contributed by atoms with E-state index in [4.69, 9.17) is 4.74 Å². The van der Waals surface area contributed by atoms with Crippen LogP contribution in [0.4, 0.5) is 13.6 Å². The van der Waals surface area contributed by atoms with Crippen LogP contribution in [-0.4, -0.2) is 53.1 Å². The number of hydrogen-bond donors (Lipinski definition) is 0. The number of hydrogen-bond acceptors (Lipinski definition) is 3. The zero-order chi connectivity index (χ0) is 18.9. The first-order chi connectivity index (χ1) is 11.5. The van der Waals surface area contributed by atoms with Gasteiger partial charge in [-0.25, -0.2) is 13.6 Å². The molecular weight excluding hydrogens is 398 g/mol. The van der Waals surface area contributed by atoms with Crippen LogP contribution in [0, 0.1) is 11.6 Å². The highest BCUT2D eigenvalue weighted by atomic mass is 79.9. The van der Waals surface area contributed by atoms with Crippen molar-refractivity contribution in [2.24, 2.45) is 0 Å². The molecule has 0 aliphatic carbocycles. The van der Waals surface area contributed by atoms with Gasteiger partial charge in [0.25, 0.3) is 5.91 Å². The summed E-state index contributed by atoms with van der Waals surface area (Å²) in [5, 5.41) is 0. The molecule has 1 saturated heterocycles. The molecule has 1 unspecified atom stereocenters. The van der Waals surface area contributed by atoms with Gasteiger partial charge in [-0.05, 0) is 49.7 Å². The Kier molecular flexibility index (Phi) is 5.71. The predicted octanol–water partition coefficient (Wildman–Crippen LogP) is 3.81. The van der Waals surface area contributed by atoms with Crippen molar-refractivity contribution in [2.75, 3.05) is 19.6 Å². The number of carbonyl (C=O) groups excluding carboxylic acids is 2. The number of nitrogens with zero attached hydrogens (tertiary/aromatic N) is 2. The van der Waals surface area contributed by atoms with Crippen LogP contribution in [0.3, 0.4) is 0 Å². The van der Waals surface area contributed by atoms with E-state index in [0.29, 0.717) is 6.07 Å². The van der Waals surface area contributed by atoms with E-state index in [2.05, 4.69) is 15.9 Å². The molecule has 1 aromatic rings. The molecule has 1 aromatic carbocycles. The highest BCUT2D eigenvalue weighted by molar-refractivity contribution is 9.10. The number of ether oxygens (including phenoxy) is 1. The first-order valence-electron chi connectivity index (χ1n) is 7.93. The minimum atomic E-state index is -0.909. The van der Waals surface area contributed by atoms with Crippen molar-refractivity contribution in [3.05, 3.63) is 33.8 Å². The molecule has 0 N–H and O–H groups in total. The molecule has 25 heavy (non-hydrogen) atoms.